The maximum Gasteiger partial charge on any atom is 0.331 e. The van der Waals surface area contributed by atoms with Gasteiger partial charge in [0, 0.05) is 24.1 Å². The van der Waals surface area contributed by atoms with Crippen molar-refractivity contribution < 1.29 is 17.9 Å². The van der Waals surface area contributed by atoms with E-state index in [4.69, 9.17) is 4.74 Å². The number of benzene rings is 1. The molecule has 2 bridgehead atoms. The lowest BCUT2D eigenvalue weighted by molar-refractivity contribution is -0.148. The lowest BCUT2D eigenvalue weighted by atomic mass is 9.77. The van der Waals surface area contributed by atoms with Gasteiger partial charge in [0.25, 0.3) is 0 Å². The first-order valence-corrected chi connectivity index (χ1v) is 10.6. The smallest absolute Gasteiger partial charge is 0.331 e. The van der Waals surface area contributed by atoms with Crippen molar-refractivity contribution in [3.63, 3.8) is 0 Å². The van der Waals surface area contributed by atoms with Crippen LogP contribution in [0.15, 0.2) is 46.9 Å². The number of fused-ring (bicyclic) bond motifs is 3. The van der Waals surface area contributed by atoms with Crippen LogP contribution in [0, 0.1) is 0 Å². The van der Waals surface area contributed by atoms with Gasteiger partial charge in [0.1, 0.15) is 0 Å². The molecule has 0 aromatic heterocycles. The molecule has 4 aliphatic rings. The zero-order valence-corrected chi connectivity index (χ0v) is 14.7. The van der Waals surface area contributed by atoms with E-state index in [1.165, 1.54) is 6.08 Å². The van der Waals surface area contributed by atoms with E-state index in [0.717, 1.165) is 32.2 Å². The quantitative estimate of drug-likeness (QED) is 0.757. The highest BCUT2D eigenvalue weighted by atomic mass is 32.2. The molecule has 132 valence electrons. The highest BCUT2D eigenvalue weighted by Gasteiger charge is 2.65. The highest BCUT2D eigenvalue weighted by Crippen LogP contribution is 2.55. The number of ether oxygens (including phenoxy) is 1. The maximum absolute atomic E-state index is 13.3. The molecule has 0 amide bonds. The molecule has 25 heavy (non-hydrogen) atoms. The maximum atomic E-state index is 13.3. The summed E-state index contributed by atoms with van der Waals surface area (Å²) in [5.74, 6) is -0.378. The highest BCUT2D eigenvalue weighted by molar-refractivity contribution is 7.92. The molecule has 3 fully saturated rings. The summed E-state index contributed by atoms with van der Waals surface area (Å²) in [5.41, 5.74) is -0.0144. The van der Waals surface area contributed by atoms with Crippen LogP contribution < -0.4 is 0 Å². The molecule has 5 nitrogen and oxygen atoms in total. The van der Waals surface area contributed by atoms with Crippen molar-refractivity contribution >= 4 is 15.8 Å². The molecule has 1 spiro atoms. The number of carbonyl (C=O) groups is 1. The summed E-state index contributed by atoms with van der Waals surface area (Å²) >= 11 is 0. The van der Waals surface area contributed by atoms with Crippen LogP contribution in [0.4, 0.5) is 0 Å². The van der Waals surface area contributed by atoms with Gasteiger partial charge in [-0.2, -0.15) is 0 Å². The number of nitrogens with zero attached hydrogens (tertiary/aromatic N) is 1. The SMILES string of the molecule is O=C1C=C2C(S(=O)(=O)c3ccccc3)C[C@@H]3C[C@@]2(O1)C1CCCCN13. The molecule has 1 aliphatic carbocycles. The van der Waals surface area contributed by atoms with Gasteiger partial charge in [-0.25, -0.2) is 13.2 Å². The molecular formula is C19H21NO4S. The Morgan fingerprint density at radius 3 is 2.76 bits per heavy atom. The van der Waals surface area contributed by atoms with Gasteiger partial charge >= 0.3 is 5.97 Å². The Morgan fingerprint density at radius 1 is 1.16 bits per heavy atom. The second-order valence-electron chi connectivity index (χ2n) is 7.60. The largest absolute Gasteiger partial charge is 0.450 e. The van der Waals surface area contributed by atoms with E-state index in [1.54, 1.807) is 24.3 Å². The molecule has 2 saturated heterocycles. The summed E-state index contributed by atoms with van der Waals surface area (Å²) in [5, 5.41) is -0.661. The minimum Gasteiger partial charge on any atom is -0.450 e. The average Bonchev–Trinajstić information content (AvgIpc) is 3.10. The summed E-state index contributed by atoms with van der Waals surface area (Å²) in [6.07, 6.45) is 5.98. The zero-order chi connectivity index (χ0) is 17.2. The van der Waals surface area contributed by atoms with Gasteiger partial charge in [-0.1, -0.05) is 24.6 Å². The second kappa shape index (κ2) is 5.17. The van der Waals surface area contributed by atoms with Gasteiger partial charge < -0.3 is 4.74 Å². The monoisotopic (exact) mass is 359 g/mol. The van der Waals surface area contributed by atoms with E-state index in [2.05, 4.69) is 4.90 Å². The summed E-state index contributed by atoms with van der Waals surface area (Å²) in [6, 6.07) is 8.90. The normalized spacial score (nSPS) is 37.2. The van der Waals surface area contributed by atoms with E-state index in [9.17, 15) is 13.2 Å². The van der Waals surface area contributed by atoms with Gasteiger partial charge in [-0.05, 0) is 37.9 Å². The third-order valence-electron chi connectivity index (χ3n) is 6.41. The molecule has 1 saturated carbocycles. The standard InChI is InChI=1S/C19H21NO4S/c21-18-11-15-16(25(22,23)14-6-2-1-3-7-14)10-13-12-19(15,24-18)17-8-4-5-9-20(13)17/h1-3,6-7,11,13,16-17H,4-5,8-10,12H2/t13-,16?,17?,19+/m1/s1. The fourth-order valence-electron chi connectivity index (χ4n) is 5.46. The van der Waals surface area contributed by atoms with E-state index in [-0.39, 0.29) is 18.1 Å². The first-order chi connectivity index (χ1) is 12.0. The predicted octanol–water partition coefficient (Wildman–Crippen LogP) is 2.08. The van der Waals surface area contributed by atoms with E-state index in [1.807, 2.05) is 6.07 Å². The van der Waals surface area contributed by atoms with E-state index in [0.29, 0.717) is 16.9 Å². The number of rotatable bonds is 2. The van der Waals surface area contributed by atoms with Crippen molar-refractivity contribution in [3.05, 3.63) is 42.0 Å². The Bertz CT molecular complexity index is 863. The molecule has 3 heterocycles. The molecular weight excluding hydrogens is 338 g/mol. The van der Waals surface area contributed by atoms with Gasteiger partial charge in [0.05, 0.1) is 16.2 Å². The van der Waals surface area contributed by atoms with Crippen molar-refractivity contribution in [2.24, 2.45) is 0 Å². The van der Waals surface area contributed by atoms with Crippen LogP contribution in [0.5, 0.6) is 0 Å². The molecule has 0 N–H and O–H groups in total. The van der Waals surface area contributed by atoms with E-state index >= 15 is 0 Å². The Kier molecular flexibility index (Phi) is 3.23. The minimum absolute atomic E-state index is 0.139. The summed E-state index contributed by atoms with van der Waals surface area (Å²) in [7, 11) is -3.54. The molecule has 0 radical (unpaired) electrons. The number of sulfone groups is 1. The van der Waals surface area contributed by atoms with Crippen molar-refractivity contribution in [2.45, 2.75) is 59.9 Å². The van der Waals surface area contributed by atoms with Crippen molar-refractivity contribution in [1.29, 1.82) is 0 Å². The topological polar surface area (TPSA) is 63.7 Å². The molecule has 3 aliphatic heterocycles. The van der Waals surface area contributed by atoms with Crippen LogP contribution in [-0.2, 0) is 19.4 Å². The van der Waals surface area contributed by atoms with Gasteiger partial charge in [0.15, 0.2) is 15.4 Å². The van der Waals surface area contributed by atoms with Crippen molar-refractivity contribution in [1.82, 2.24) is 4.90 Å². The van der Waals surface area contributed by atoms with Crippen LogP contribution >= 0.6 is 0 Å². The van der Waals surface area contributed by atoms with Gasteiger partial charge in [0.2, 0.25) is 0 Å². The fraction of sp³-hybridized carbons (Fsp3) is 0.526. The second-order valence-corrected chi connectivity index (χ2v) is 9.73. The van der Waals surface area contributed by atoms with Crippen LogP contribution in [0.25, 0.3) is 0 Å². The number of piperidine rings is 1. The van der Waals surface area contributed by atoms with Gasteiger partial charge in [-0.15, -0.1) is 0 Å². The van der Waals surface area contributed by atoms with Crippen LogP contribution in [0.3, 0.4) is 0 Å². The number of hydrogen-bond donors (Lipinski definition) is 0. The number of hydrogen-bond acceptors (Lipinski definition) is 5. The lowest BCUT2D eigenvalue weighted by Gasteiger charge is -2.39. The van der Waals surface area contributed by atoms with Crippen molar-refractivity contribution in [2.75, 3.05) is 6.54 Å². The molecule has 6 heteroatoms. The third kappa shape index (κ3) is 2.04. The molecule has 4 atom stereocenters. The minimum atomic E-state index is -3.54. The fourth-order valence-corrected chi connectivity index (χ4v) is 7.40. The molecule has 2 unspecified atom stereocenters. The van der Waals surface area contributed by atoms with Crippen LogP contribution in [-0.4, -0.2) is 48.8 Å². The lowest BCUT2D eigenvalue weighted by Crippen LogP contribution is -2.50. The van der Waals surface area contributed by atoms with Gasteiger partial charge in [-0.3, -0.25) is 4.90 Å². The summed E-state index contributed by atoms with van der Waals surface area (Å²) in [4.78, 5) is 14.9. The van der Waals surface area contributed by atoms with E-state index < -0.39 is 20.7 Å². The van der Waals surface area contributed by atoms with Crippen LogP contribution in [0.1, 0.15) is 32.1 Å². The molecule has 1 aromatic rings. The summed E-state index contributed by atoms with van der Waals surface area (Å²) < 4.78 is 32.5. The average molecular weight is 359 g/mol. The van der Waals surface area contributed by atoms with Crippen LogP contribution in [0.2, 0.25) is 0 Å². The Morgan fingerprint density at radius 2 is 1.96 bits per heavy atom. The number of esters is 1. The predicted molar refractivity (Wildman–Crippen MR) is 91.7 cm³/mol. The summed E-state index contributed by atoms with van der Waals surface area (Å²) in [6.45, 7) is 0.972. The Labute approximate surface area is 147 Å². The Balaban J connectivity index is 1.63. The Hall–Kier alpha value is -1.66. The molecule has 1 aromatic carbocycles. The third-order valence-corrected chi connectivity index (χ3v) is 8.54. The van der Waals surface area contributed by atoms with Crippen molar-refractivity contribution in [3.8, 4) is 0 Å². The first kappa shape index (κ1) is 15.6. The first-order valence-electron chi connectivity index (χ1n) is 9.02. The number of carbonyl (C=O) groups excluding carboxylic acids is 1. The zero-order valence-electron chi connectivity index (χ0n) is 13.9. The molecule has 5 rings (SSSR count).